The highest BCUT2D eigenvalue weighted by atomic mass is 16.5. The molecule has 0 bridgehead atoms. The number of carbonyl (C=O) groups excluding carboxylic acids is 1. The zero-order valence-corrected chi connectivity index (χ0v) is 17.0. The van der Waals surface area contributed by atoms with Crippen LogP contribution in [0.4, 0.5) is 0 Å². The van der Waals surface area contributed by atoms with E-state index in [0.29, 0.717) is 28.4 Å². The summed E-state index contributed by atoms with van der Waals surface area (Å²) in [6, 6.07) is 10.8. The fourth-order valence-electron chi connectivity index (χ4n) is 3.34. The Bertz CT molecular complexity index is 993. The molecule has 0 aliphatic carbocycles. The predicted molar refractivity (Wildman–Crippen MR) is 112 cm³/mol. The summed E-state index contributed by atoms with van der Waals surface area (Å²) in [5.74, 6) is 0.0156. The van der Waals surface area contributed by atoms with Crippen LogP contribution in [0.3, 0.4) is 0 Å². The van der Waals surface area contributed by atoms with E-state index in [0.717, 1.165) is 10.9 Å². The second kappa shape index (κ2) is 9.56. The van der Waals surface area contributed by atoms with Gasteiger partial charge in [0.05, 0.1) is 40.0 Å². The van der Waals surface area contributed by atoms with Crippen LogP contribution in [0.1, 0.15) is 11.1 Å². The molecular weight excluding hydrogens is 389 g/mol. The third-order valence-corrected chi connectivity index (χ3v) is 4.80. The number of amides is 1. The molecule has 3 aromatic rings. The van der Waals surface area contributed by atoms with E-state index in [-0.39, 0.29) is 18.7 Å². The van der Waals surface area contributed by atoms with Crippen molar-refractivity contribution in [1.82, 2.24) is 5.32 Å². The Kier molecular flexibility index (Phi) is 6.86. The van der Waals surface area contributed by atoms with Gasteiger partial charge in [-0.3, -0.25) is 4.79 Å². The highest BCUT2D eigenvalue weighted by molar-refractivity contribution is 6.43. The van der Waals surface area contributed by atoms with Crippen LogP contribution in [0.2, 0.25) is 0 Å². The lowest BCUT2D eigenvalue weighted by Crippen LogP contribution is -2.48. The van der Waals surface area contributed by atoms with Gasteiger partial charge in [0.15, 0.2) is 11.5 Å². The predicted octanol–water partition coefficient (Wildman–Crippen LogP) is 1.74. The fourth-order valence-corrected chi connectivity index (χ4v) is 3.34. The Hall–Kier alpha value is -3.17. The van der Waals surface area contributed by atoms with E-state index in [4.69, 9.17) is 18.6 Å². The minimum absolute atomic E-state index is 0.00787. The summed E-state index contributed by atoms with van der Waals surface area (Å²) in [4.78, 5) is 12.6. The second-order valence-electron chi connectivity index (χ2n) is 6.76. The van der Waals surface area contributed by atoms with Crippen LogP contribution < -0.4 is 19.5 Å². The summed E-state index contributed by atoms with van der Waals surface area (Å²) < 4.78 is 21.4. The van der Waals surface area contributed by atoms with E-state index in [1.807, 2.05) is 24.3 Å². The SMILES string of the molecule is COc1cc(CC(=O)NC(Cc2coc3ccccc23)B(O)O)cc(OC)c1OC. The Morgan fingerprint density at radius 1 is 1.10 bits per heavy atom. The van der Waals surface area contributed by atoms with E-state index in [1.165, 1.54) is 21.3 Å². The van der Waals surface area contributed by atoms with Gasteiger partial charge in [-0.1, -0.05) is 18.2 Å². The first-order valence-corrected chi connectivity index (χ1v) is 9.36. The van der Waals surface area contributed by atoms with Gasteiger partial charge in [0.2, 0.25) is 11.7 Å². The van der Waals surface area contributed by atoms with Crippen LogP contribution in [-0.2, 0) is 17.6 Å². The first-order valence-electron chi connectivity index (χ1n) is 9.36. The Morgan fingerprint density at radius 3 is 2.37 bits per heavy atom. The van der Waals surface area contributed by atoms with Crippen molar-refractivity contribution in [2.24, 2.45) is 0 Å². The summed E-state index contributed by atoms with van der Waals surface area (Å²) in [5.41, 5.74) is 2.10. The molecule has 9 heteroatoms. The summed E-state index contributed by atoms with van der Waals surface area (Å²) in [6.45, 7) is 0. The van der Waals surface area contributed by atoms with Crippen molar-refractivity contribution in [3.8, 4) is 17.2 Å². The van der Waals surface area contributed by atoms with Crippen molar-refractivity contribution < 1.29 is 33.5 Å². The van der Waals surface area contributed by atoms with Gasteiger partial charge in [-0.05, 0) is 35.7 Å². The molecule has 158 valence electrons. The molecule has 30 heavy (non-hydrogen) atoms. The summed E-state index contributed by atoms with van der Waals surface area (Å²) in [6.07, 6.45) is 1.76. The fraction of sp³-hybridized carbons (Fsp3) is 0.286. The maximum Gasteiger partial charge on any atom is 0.475 e. The van der Waals surface area contributed by atoms with Crippen LogP contribution in [0.25, 0.3) is 11.0 Å². The lowest BCUT2D eigenvalue weighted by molar-refractivity contribution is -0.120. The van der Waals surface area contributed by atoms with E-state index < -0.39 is 13.1 Å². The molecule has 0 saturated heterocycles. The number of para-hydroxylation sites is 1. The molecule has 1 aromatic heterocycles. The number of furan rings is 1. The molecule has 8 nitrogen and oxygen atoms in total. The Morgan fingerprint density at radius 2 is 1.77 bits per heavy atom. The maximum absolute atomic E-state index is 12.6. The first kappa shape index (κ1) is 21.5. The monoisotopic (exact) mass is 413 g/mol. The molecule has 0 fully saturated rings. The normalized spacial score (nSPS) is 11.8. The van der Waals surface area contributed by atoms with Crippen molar-refractivity contribution in [3.63, 3.8) is 0 Å². The molecule has 0 aliphatic rings. The summed E-state index contributed by atoms with van der Waals surface area (Å²) >= 11 is 0. The van der Waals surface area contributed by atoms with Gasteiger partial charge in [0.25, 0.3) is 0 Å². The summed E-state index contributed by atoms with van der Waals surface area (Å²) in [5, 5.41) is 23.1. The van der Waals surface area contributed by atoms with E-state index >= 15 is 0 Å². The topological polar surface area (TPSA) is 110 Å². The van der Waals surface area contributed by atoms with Gasteiger partial charge in [-0.2, -0.15) is 0 Å². The van der Waals surface area contributed by atoms with Gasteiger partial charge < -0.3 is 34.0 Å². The van der Waals surface area contributed by atoms with E-state index in [1.54, 1.807) is 18.4 Å². The standard InChI is InChI=1S/C21H24BNO7/c1-27-17-8-13(9-18(28-2)21(17)29-3)10-20(24)23-19(22(25)26)11-14-12-30-16-7-5-4-6-15(14)16/h4-9,12,19,25-26H,10-11H2,1-3H3,(H,23,24). The van der Waals surface area contributed by atoms with Crippen LogP contribution in [0, 0.1) is 0 Å². The number of nitrogens with one attached hydrogen (secondary N) is 1. The van der Waals surface area contributed by atoms with Gasteiger partial charge in [0.1, 0.15) is 5.58 Å². The van der Waals surface area contributed by atoms with Gasteiger partial charge in [0, 0.05) is 5.39 Å². The van der Waals surface area contributed by atoms with Crippen molar-refractivity contribution in [2.45, 2.75) is 18.8 Å². The lowest BCUT2D eigenvalue weighted by atomic mass is 9.75. The molecule has 0 aliphatic heterocycles. The van der Waals surface area contributed by atoms with Gasteiger partial charge >= 0.3 is 7.12 Å². The number of benzene rings is 2. The van der Waals surface area contributed by atoms with Crippen molar-refractivity contribution in [2.75, 3.05) is 21.3 Å². The van der Waals surface area contributed by atoms with Crippen molar-refractivity contribution in [1.29, 1.82) is 0 Å². The molecular formula is C21H24BNO7. The van der Waals surface area contributed by atoms with Crippen molar-refractivity contribution in [3.05, 3.63) is 53.8 Å². The molecule has 2 aromatic carbocycles. The molecule has 1 unspecified atom stereocenters. The number of methoxy groups -OCH3 is 3. The first-order chi connectivity index (χ1) is 14.5. The zero-order chi connectivity index (χ0) is 21.7. The molecule has 1 amide bonds. The molecule has 0 saturated carbocycles. The smallest absolute Gasteiger partial charge is 0.475 e. The molecule has 3 rings (SSSR count). The molecule has 3 N–H and O–H groups in total. The van der Waals surface area contributed by atoms with E-state index in [2.05, 4.69) is 5.32 Å². The summed E-state index contributed by atoms with van der Waals surface area (Å²) in [7, 11) is 2.75. The molecule has 1 atom stereocenters. The van der Waals surface area contributed by atoms with Gasteiger partial charge in [-0.15, -0.1) is 0 Å². The van der Waals surface area contributed by atoms with Gasteiger partial charge in [-0.25, -0.2) is 0 Å². The highest BCUT2D eigenvalue weighted by Gasteiger charge is 2.27. The largest absolute Gasteiger partial charge is 0.493 e. The zero-order valence-electron chi connectivity index (χ0n) is 17.0. The number of hydrogen-bond acceptors (Lipinski definition) is 7. The number of hydrogen-bond donors (Lipinski definition) is 3. The number of ether oxygens (including phenoxy) is 3. The van der Waals surface area contributed by atoms with Crippen LogP contribution >= 0.6 is 0 Å². The molecule has 0 spiro atoms. The Labute approximate surface area is 174 Å². The number of carbonyl (C=O) groups is 1. The second-order valence-corrected chi connectivity index (χ2v) is 6.76. The minimum atomic E-state index is -1.73. The average Bonchev–Trinajstić information content (AvgIpc) is 3.15. The highest BCUT2D eigenvalue weighted by Crippen LogP contribution is 2.38. The number of fused-ring (bicyclic) bond motifs is 1. The van der Waals surface area contributed by atoms with Crippen LogP contribution in [0.15, 0.2) is 47.1 Å². The lowest BCUT2D eigenvalue weighted by Gasteiger charge is -2.18. The molecule has 1 heterocycles. The molecule has 0 radical (unpaired) electrons. The quantitative estimate of drug-likeness (QED) is 0.459. The van der Waals surface area contributed by atoms with Crippen LogP contribution in [0.5, 0.6) is 17.2 Å². The van der Waals surface area contributed by atoms with E-state index in [9.17, 15) is 14.8 Å². The average molecular weight is 413 g/mol. The van der Waals surface area contributed by atoms with Crippen molar-refractivity contribution >= 4 is 24.0 Å². The third-order valence-electron chi connectivity index (χ3n) is 4.80. The number of rotatable bonds is 9. The van der Waals surface area contributed by atoms with Crippen LogP contribution in [-0.4, -0.2) is 50.3 Å². The Balaban J connectivity index is 1.74. The maximum atomic E-state index is 12.6. The minimum Gasteiger partial charge on any atom is -0.493 e. The third kappa shape index (κ3) is 4.69.